The SMILES string of the molecule is CC(C)c1cc(-c2ccccc2)cc(C(C)C)c1-n1c(-c2cccc(-c3cccc4c3nc(-c3ccccc3O)n4-c3cc[c]([Ge]([CH3])([CH3])[CH3])cc3-c3ccccc3)c2)nc2ccccc21. The van der Waals surface area contributed by atoms with Gasteiger partial charge in [-0.15, -0.1) is 0 Å². The quantitative estimate of drug-likeness (QED) is 0.139. The molecule has 2 heterocycles. The Morgan fingerprint density at radius 3 is 1.72 bits per heavy atom. The second kappa shape index (κ2) is 16.9. The summed E-state index contributed by atoms with van der Waals surface area (Å²) in [4.78, 5) is 10.9. The Hall–Kier alpha value is -6.96. The summed E-state index contributed by atoms with van der Waals surface area (Å²) in [5.74, 6) is 9.60. The molecule has 2 aromatic heterocycles. The molecule has 8 aromatic carbocycles. The van der Waals surface area contributed by atoms with Crippen molar-refractivity contribution in [2.24, 2.45) is 0 Å². The van der Waals surface area contributed by atoms with Gasteiger partial charge in [-0.05, 0) is 58.4 Å². The number of aromatic hydroxyl groups is 1. The molecule has 0 atom stereocenters. The summed E-state index contributed by atoms with van der Waals surface area (Å²) in [6, 6.07) is 64.4. The molecule has 320 valence electrons. The van der Waals surface area contributed by atoms with Crippen molar-refractivity contribution in [3.8, 4) is 73.3 Å². The number of hydrogen-bond acceptors (Lipinski definition) is 3. The number of imidazole rings is 2. The molecule has 0 amide bonds. The van der Waals surface area contributed by atoms with Gasteiger partial charge in [0.2, 0.25) is 0 Å². The van der Waals surface area contributed by atoms with Crippen LogP contribution in [0.2, 0.25) is 17.3 Å². The predicted octanol–water partition coefficient (Wildman–Crippen LogP) is 15.2. The van der Waals surface area contributed by atoms with Gasteiger partial charge in [0.1, 0.15) is 0 Å². The second-order valence-corrected chi connectivity index (χ2v) is 29.5. The molecule has 0 fully saturated rings. The molecule has 0 aliphatic rings. The Balaban J connectivity index is 1.20. The zero-order valence-electron chi connectivity index (χ0n) is 38.2. The number of phenols is 1. The molecule has 0 bridgehead atoms. The topological polar surface area (TPSA) is 55.9 Å². The molecule has 0 saturated heterocycles. The van der Waals surface area contributed by atoms with Crippen LogP contribution in [0.4, 0.5) is 0 Å². The maximum absolute atomic E-state index is 11.5. The number of nitrogens with zero attached hydrogens (tertiary/aromatic N) is 4. The van der Waals surface area contributed by atoms with Crippen molar-refractivity contribution in [3.63, 3.8) is 0 Å². The maximum atomic E-state index is 11.5. The van der Waals surface area contributed by atoms with Gasteiger partial charge in [0.15, 0.2) is 0 Å². The van der Waals surface area contributed by atoms with E-state index < -0.39 is 13.3 Å². The van der Waals surface area contributed by atoms with Gasteiger partial charge in [-0.3, -0.25) is 4.57 Å². The smallest absolute Gasteiger partial charge is 0.0896 e. The largest absolute Gasteiger partial charge is 0.228 e. The number of hydrogen-bond donors (Lipinski definition) is 1. The van der Waals surface area contributed by atoms with Crippen LogP contribution >= 0.6 is 0 Å². The first-order valence-electron chi connectivity index (χ1n) is 22.8. The van der Waals surface area contributed by atoms with E-state index in [9.17, 15) is 5.11 Å². The number of phenolic OH excluding ortho intramolecular Hbond substituents is 1. The van der Waals surface area contributed by atoms with E-state index >= 15 is 0 Å². The Bertz CT molecular complexity index is 3340. The van der Waals surface area contributed by atoms with Crippen molar-refractivity contribution >= 4 is 39.7 Å². The van der Waals surface area contributed by atoms with Crippen molar-refractivity contribution in [3.05, 3.63) is 193 Å². The Morgan fingerprint density at radius 2 is 1.03 bits per heavy atom. The van der Waals surface area contributed by atoms with Crippen LogP contribution in [0, 0.1) is 0 Å². The monoisotopic (exact) mass is 908 g/mol. The number of rotatable bonds is 10. The summed E-state index contributed by atoms with van der Waals surface area (Å²) < 4.78 is 6.09. The van der Waals surface area contributed by atoms with E-state index in [1.165, 1.54) is 32.3 Å². The van der Waals surface area contributed by atoms with Crippen LogP contribution in [0.3, 0.4) is 0 Å². The summed E-state index contributed by atoms with van der Waals surface area (Å²) in [6.07, 6.45) is 0. The van der Waals surface area contributed by atoms with Crippen LogP contribution in [0.15, 0.2) is 182 Å². The van der Waals surface area contributed by atoms with Gasteiger partial charge < -0.3 is 0 Å². The Labute approximate surface area is 385 Å². The second-order valence-electron chi connectivity index (χ2n) is 18.8. The Morgan fingerprint density at radius 1 is 0.446 bits per heavy atom. The maximum Gasteiger partial charge on any atom is 0.0896 e. The summed E-state index contributed by atoms with van der Waals surface area (Å²) in [6.45, 7) is 9.18. The van der Waals surface area contributed by atoms with Crippen molar-refractivity contribution < 1.29 is 5.11 Å². The van der Waals surface area contributed by atoms with E-state index in [1.807, 2.05) is 18.2 Å². The van der Waals surface area contributed by atoms with Crippen LogP contribution in [0.5, 0.6) is 5.75 Å². The van der Waals surface area contributed by atoms with Crippen molar-refractivity contribution in [1.82, 2.24) is 19.1 Å². The minimum absolute atomic E-state index is 0.187. The molecule has 0 unspecified atom stereocenters. The molecule has 10 aromatic rings. The van der Waals surface area contributed by atoms with Gasteiger partial charge in [-0.1, -0.05) is 70.2 Å². The molecule has 65 heavy (non-hydrogen) atoms. The molecule has 1 N–H and O–H groups in total. The fraction of sp³-hybridized carbons (Fsp3) is 0.153. The first-order chi connectivity index (χ1) is 31.5. The molecule has 6 heteroatoms. The molecule has 0 aliphatic carbocycles. The first-order valence-corrected chi connectivity index (χ1v) is 30.1. The standard InChI is InChI=1S/C59H54GeN4O/c1-38(2)48-35-44(40-20-10-8-11-21-40)36-49(39(3)4)57(48)64-53-29-16-15-28-51(53)61-58(64)43-25-18-24-42(34-43)46-27-19-30-54-56(46)62-59(47-26-14-17-31-55(47)65)63(54)52-33-32-45(60(5,6)7)37-50(52)41-22-12-9-13-23-41/h8-39,65H,1-7H3. The third-order valence-electron chi connectivity index (χ3n) is 12.8. The van der Waals surface area contributed by atoms with Gasteiger partial charge in [0.05, 0.1) is 16.7 Å². The van der Waals surface area contributed by atoms with Gasteiger partial charge in [-0.25, -0.2) is 4.98 Å². The van der Waals surface area contributed by atoms with E-state index in [0.29, 0.717) is 11.4 Å². The fourth-order valence-corrected chi connectivity index (χ4v) is 11.8. The van der Waals surface area contributed by atoms with Crippen LogP contribution < -0.4 is 4.40 Å². The summed E-state index contributed by atoms with van der Waals surface area (Å²) in [7, 11) is 0. The molecule has 0 spiro atoms. The van der Waals surface area contributed by atoms with Gasteiger partial charge in [0.25, 0.3) is 0 Å². The minimum Gasteiger partial charge on any atom is -0.228 e. The molecular weight excluding hydrogens is 853 g/mol. The van der Waals surface area contributed by atoms with Gasteiger partial charge in [-0.2, -0.15) is 0 Å². The zero-order chi connectivity index (χ0) is 45.0. The third-order valence-corrected chi connectivity index (χ3v) is 17.0. The van der Waals surface area contributed by atoms with E-state index in [-0.39, 0.29) is 17.6 Å². The summed E-state index contributed by atoms with van der Waals surface area (Å²) >= 11 is -2.24. The summed E-state index contributed by atoms with van der Waals surface area (Å²) in [5, 5.41) is 11.5. The van der Waals surface area contributed by atoms with Crippen LogP contribution in [0.1, 0.15) is 50.7 Å². The van der Waals surface area contributed by atoms with Crippen molar-refractivity contribution in [1.29, 1.82) is 0 Å². The molecular formula is C59H54GeN4O. The first kappa shape index (κ1) is 42.0. The number of fused-ring (bicyclic) bond motifs is 2. The number of benzene rings is 8. The predicted molar refractivity (Wildman–Crippen MR) is 276 cm³/mol. The summed E-state index contributed by atoms with van der Waals surface area (Å²) in [5.41, 5.74) is 17.1. The zero-order valence-corrected chi connectivity index (χ0v) is 40.3. The fourth-order valence-electron chi connectivity index (χ4n) is 9.35. The van der Waals surface area contributed by atoms with E-state index in [0.717, 1.165) is 61.4 Å². The molecule has 0 aliphatic heterocycles. The number of aromatic nitrogens is 4. The normalized spacial score (nSPS) is 12.0. The molecule has 5 nitrogen and oxygen atoms in total. The average molecular weight is 908 g/mol. The Kier molecular flexibility index (Phi) is 10.9. The number of para-hydroxylation sites is 4. The third kappa shape index (κ3) is 7.68. The van der Waals surface area contributed by atoms with E-state index in [2.05, 4.69) is 212 Å². The van der Waals surface area contributed by atoms with Crippen LogP contribution in [-0.2, 0) is 0 Å². The van der Waals surface area contributed by atoms with Gasteiger partial charge in [0, 0.05) is 0 Å². The van der Waals surface area contributed by atoms with E-state index in [4.69, 9.17) is 9.97 Å². The minimum atomic E-state index is -2.24. The molecule has 10 rings (SSSR count). The van der Waals surface area contributed by atoms with Crippen molar-refractivity contribution in [2.75, 3.05) is 0 Å². The van der Waals surface area contributed by atoms with Crippen LogP contribution in [-0.4, -0.2) is 37.5 Å². The average Bonchev–Trinajstić information content (AvgIpc) is 3.90. The van der Waals surface area contributed by atoms with Gasteiger partial charge >= 0.3 is 232 Å². The van der Waals surface area contributed by atoms with E-state index in [1.54, 1.807) is 6.07 Å². The van der Waals surface area contributed by atoms with Crippen molar-refractivity contribution in [2.45, 2.75) is 56.8 Å². The molecule has 0 saturated carbocycles. The van der Waals surface area contributed by atoms with Crippen LogP contribution in [0.25, 0.3) is 89.6 Å². The molecule has 0 radical (unpaired) electrons.